The average molecular weight is 1180 g/mol. The van der Waals surface area contributed by atoms with Gasteiger partial charge in [-0.25, -0.2) is 4.79 Å². The van der Waals surface area contributed by atoms with Gasteiger partial charge >= 0.3 is 5.97 Å². The van der Waals surface area contributed by atoms with Crippen LogP contribution in [0.5, 0.6) is 0 Å². The third kappa shape index (κ3) is 11.9. The van der Waals surface area contributed by atoms with Gasteiger partial charge in [-0.3, -0.25) is 0 Å². The van der Waals surface area contributed by atoms with Crippen molar-refractivity contribution in [3.8, 4) is 0 Å². The molecule has 3 aromatic rings. The summed E-state index contributed by atoms with van der Waals surface area (Å²) in [5.74, 6) is -0.938. The lowest BCUT2D eigenvalue weighted by molar-refractivity contribution is -0.404. The minimum atomic E-state index is -2.24. The zero-order valence-electron chi connectivity index (χ0n) is 43.1. The number of rotatable bonds is 8. The fraction of sp³-hybridized carbons (Fsp3) is 0.706. The van der Waals surface area contributed by atoms with E-state index in [9.17, 15) is 91.6 Å². The fourth-order valence-electron chi connectivity index (χ4n) is 11.2. The lowest BCUT2D eigenvalue weighted by Crippen LogP contribution is -2.69. The van der Waals surface area contributed by atoms with Crippen LogP contribution in [0.25, 0.3) is 21.5 Å². The summed E-state index contributed by atoms with van der Waals surface area (Å²) in [4.78, 5) is 13.8. The summed E-state index contributed by atoms with van der Waals surface area (Å²) in [6.07, 6.45) is -60.1. The number of benzene rings is 3. The lowest BCUT2D eigenvalue weighted by Gasteiger charge is -2.50. The first kappa shape index (κ1) is 61.6. The first-order valence-electron chi connectivity index (χ1n) is 26.5. The standard InChI is InChI=1S/C51H68O31/c52-10-21-39-27(57)33(63)46(71-21)78-40-22(11-53)73-48(35(65)29(40)59)80-42-24(13-55)75-50(37(67)31(42)61)82-44-26(15-70-45(69)19-6-5-18-7-16-3-1-2-4-17(16)8-20(18)9-19)76-51(38(68)32(44)62)81-43-25(14-56)74-49(36(66)30(43)60)79-41-23(12-54)72-47(77-39)34(64)28(41)58/h1-9,21-44,46-68H,10-15H2/t21-,22-,23-,24-,25-,26-,27-,28-,29-,30-,31-,32-,33-,34-,35-,36-,37-,38-,39-,40-,41-,42-,43-,44-,46-,47-,48-,49-,50-,51-/m1/s1. The molecule has 12 bridgehead atoms. The molecule has 0 saturated carbocycles. The fourth-order valence-corrected chi connectivity index (χ4v) is 11.2. The van der Waals surface area contributed by atoms with Gasteiger partial charge in [0.2, 0.25) is 0 Å². The average Bonchev–Trinajstić information content (AvgIpc) is 3.20. The number of aliphatic hydroxyl groups is 17. The van der Waals surface area contributed by atoms with Gasteiger partial charge in [0, 0.05) is 0 Å². The third-order valence-electron chi connectivity index (χ3n) is 15.8. The number of ether oxygens (including phenoxy) is 13. The van der Waals surface area contributed by atoms with Gasteiger partial charge in [0.15, 0.2) is 37.7 Å². The molecule has 22 saturated heterocycles. The molecule has 30 atom stereocenters. The van der Waals surface area contributed by atoms with Gasteiger partial charge in [-0.15, -0.1) is 0 Å². The Morgan fingerprint density at radius 3 is 0.866 bits per heavy atom. The van der Waals surface area contributed by atoms with E-state index in [1.165, 1.54) is 6.07 Å². The van der Waals surface area contributed by atoms with Gasteiger partial charge < -0.3 is 148 Å². The van der Waals surface area contributed by atoms with E-state index in [1.54, 1.807) is 12.1 Å². The van der Waals surface area contributed by atoms with Gasteiger partial charge in [-0.2, -0.15) is 0 Å². The molecule has 25 rings (SSSR count). The molecule has 22 aliphatic heterocycles. The summed E-state index contributed by atoms with van der Waals surface area (Å²) < 4.78 is 75.4. The van der Waals surface area contributed by atoms with Crippen LogP contribution < -0.4 is 0 Å². The smallest absolute Gasteiger partial charge is 0.338 e. The molecule has 0 radical (unpaired) electrons. The summed E-state index contributed by atoms with van der Waals surface area (Å²) in [5, 5.41) is 193. The molecule has 31 nitrogen and oxygen atoms in total. The van der Waals surface area contributed by atoms with Gasteiger partial charge in [-0.05, 0) is 45.8 Å². The van der Waals surface area contributed by atoms with Crippen molar-refractivity contribution in [2.75, 3.05) is 39.6 Å². The van der Waals surface area contributed by atoms with Crippen molar-refractivity contribution in [2.45, 2.75) is 184 Å². The molecule has 17 N–H and O–H groups in total. The SMILES string of the molecule is O=C(OC[C@H]1O[C@@H]2O[C@H]3[C@H](O)[C@@H](O)[C@@H](O[C@H]4[C@H](O)[C@@H](O)[C@@H](O[C@H]5[C@H](O)[C@@H](O)[C@@H](O[C@H]6[C@H](O)[C@@H](O)[C@@H](O[C@H]7[C@H](O)[C@@H](O)[C@@H](O[C@H]1[C@H](O)[C@H]2O)O[C@@H]7CO)O[C@@H]6CO)O[C@@H]5CO)O[C@@H]4CO)O[C@@H]3CO)c1ccc2cc3ccccc3cc2c1. The molecule has 0 unspecified atom stereocenters. The highest BCUT2D eigenvalue weighted by molar-refractivity contribution is 6.01. The van der Waals surface area contributed by atoms with Crippen molar-refractivity contribution in [1.82, 2.24) is 0 Å². The predicted molar refractivity (Wildman–Crippen MR) is 260 cm³/mol. The number of hydrogen-bond donors (Lipinski definition) is 17. The molecule has 82 heavy (non-hydrogen) atoms. The van der Waals surface area contributed by atoms with Crippen LogP contribution in [0.15, 0.2) is 54.6 Å². The number of hydrogen-bond acceptors (Lipinski definition) is 31. The topological polar surface area (TPSA) is 481 Å². The van der Waals surface area contributed by atoms with Crippen LogP contribution in [-0.2, 0) is 61.6 Å². The molecule has 0 spiro atoms. The Balaban J connectivity index is 0.954. The summed E-state index contributed by atoms with van der Waals surface area (Å²) >= 11 is 0. The monoisotopic (exact) mass is 1180 g/mol. The molecular weight excluding hydrogens is 1110 g/mol. The number of aliphatic hydroxyl groups excluding tert-OH is 17. The summed E-state index contributed by atoms with van der Waals surface area (Å²) in [6, 6.07) is 16.0. The quantitative estimate of drug-likeness (QED) is 0.0736. The van der Waals surface area contributed by atoms with Gasteiger partial charge in [0.05, 0.1) is 38.6 Å². The largest absolute Gasteiger partial charge is 0.459 e. The lowest BCUT2D eigenvalue weighted by atomic mass is 9.94. The minimum Gasteiger partial charge on any atom is -0.459 e. The molecule has 0 amide bonds. The maximum atomic E-state index is 13.8. The van der Waals surface area contributed by atoms with Crippen LogP contribution in [0.3, 0.4) is 0 Å². The predicted octanol–water partition coefficient (Wildman–Crippen LogP) is -8.88. The zero-order chi connectivity index (χ0) is 58.6. The minimum absolute atomic E-state index is 0.0488. The van der Waals surface area contributed by atoms with Crippen molar-refractivity contribution < 1.29 is 153 Å². The van der Waals surface area contributed by atoms with Crippen molar-refractivity contribution in [1.29, 1.82) is 0 Å². The van der Waals surface area contributed by atoms with Crippen LogP contribution >= 0.6 is 0 Å². The second-order valence-corrected chi connectivity index (χ2v) is 21.0. The summed E-state index contributed by atoms with van der Waals surface area (Å²) in [6.45, 7) is -5.99. The van der Waals surface area contributed by atoms with E-state index in [4.69, 9.17) is 61.6 Å². The third-order valence-corrected chi connectivity index (χ3v) is 15.8. The van der Waals surface area contributed by atoms with Crippen molar-refractivity contribution in [2.24, 2.45) is 0 Å². The van der Waals surface area contributed by atoms with Crippen LogP contribution in [0.1, 0.15) is 10.4 Å². The van der Waals surface area contributed by atoms with E-state index in [-0.39, 0.29) is 5.56 Å². The number of esters is 1. The summed E-state index contributed by atoms with van der Waals surface area (Å²) in [5.41, 5.74) is 0.0488. The first-order valence-corrected chi connectivity index (χ1v) is 26.5. The molecule has 31 heteroatoms. The Hall–Kier alpha value is -3.51. The van der Waals surface area contributed by atoms with Gasteiger partial charge in [0.25, 0.3) is 0 Å². The molecular formula is C51H68O31. The van der Waals surface area contributed by atoms with E-state index < -0.39 is 230 Å². The van der Waals surface area contributed by atoms with E-state index in [0.717, 1.165) is 16.2 Å². The summed E-state index contributed by atoms with van der Waals surface area (Å²) in [7, 11) is 0. The molecule has 458 valence electrons. The molecule has 3 aromatic carbocycles. The van der Waals surface area contributed by atoms with Gasteiger partial charge in [-0.1, -0.05) is 30.3 Å². The Bertz CT molecular complexity index is 2590. The van der Waals surface area contributed by atoms with E-state index in [2.05, 4.69) is 0 Å². The molecule has 0 aliphatic carbocycles. The number of carbonyl (C=O) groups excluding carboxylic acids is 1. The Morgan fingerprint density at radius 2 is 0.573 bits per heavy atom. The Morgan fingerprint density at radius 1 is 0.317 bits per heavy atom. The second-order valence-electron chi connectivity index (χ2n) is 21.0. The molecule has 0 aromatic heterocycles. The Kier molecular flexibility index (Phi) is 19.4. The highest BCUT2D eigenvalue weighted by Gasteiger charge is 2.59. The maximum absolute atomic E-state index is 13.8. The number of fused-ring (bicyclic) bond motifs is 2. The molecule has 22 aliphatic rings. The van der Waals surface area contributed by atoms with Crippen LogP contribution in [0.2, 0.25) is 0 Å². The zero-order valence-corrected chi connectivity index (χ0v) is 43.1. The highest BCUT2D eigenvalue weighted by atomic mass is 16.8. The normalized spacial score (nSPS) is 46.8. The van der Waals surface area contributed by atoms with Crippen LogP contribution in [0, 0.1) is 0 Å². The van der Waals surface area contributed by atoms with E-state index >= 15 is 0 Å². The van der Waals surface area contributed by atoms with E-state index in [1.807, 2.05) is 36.4 Å². The van der Waals surface area contributed by atoms with Crippen LogP contribution in [-0.4, -0.2) is 317 Å². The second kappa shape index (κ2) is 25.8. The van der Waals surface area contributed by atoms with Crippen molar-refractivity contribution >= 4 is 27.5 Å². The highest BCUT2D eigenvalue weighted by Crippen LogP contribution is 2.38. The van der Waals surface area contributed by atoms with Crippen molar-refractivity contribution in [3.05, 3.63) is 60.2 Å². The van der Waals surface area contributed by atoms with Crippen LogP contribution in [0.4, 0.5) is 0 Å². The van der Waals surface area contributed by atoms with E-state index in [0.29, 0.717) is 5.39 Å². The molecule has 22 fully saturated rings. The number of carbonyl (C=O) groups is 1. The molecule has 22 heterocycles. The first-order chi connectivity index (χ1) is 39.3. The van der Waals surface area contributed by atoms with Crippen molar-refractivity contribution in [3.63, 3.8) is 0 Å². The van der Waals surface area contributed by atoms with Gasteiger partial charge in [0.1, 0.15) is 153 Å². The Labute approximate surface area is 463 Å². The maximum Gasteiger partial charge on any atom is 0.338 e.